The predicted octanol–water partition coefficient (Wildman–Crippen LogP) is 4.06. The minimum atomic E-state index is -0.0528. The highest BCUT2D eigenvalue weighted by Crippen LogP contribution is 2.43. The third-order valence-corrected chi connectivity index (χ3v) is 5.91. The van der Waals surface area contributed by atoms with E-state index in [9.17, 15) is 5.11 Å². The second-order valence-corrected chi connectivity index (χ2v) is 7.23. The molecule has 2 aliphatic carbocycles. The molecule has 19 heavy (non-hydrogen) atoms. The first-order valence-corrected chi connectivity index (χ1v) is 8.61. The van der Waals surface area contributed by atoms with Gasteiger partial charge in [-0.3, -0.25) is 0 Å². The molecule has 0 bridgehead atoms. The highest BCUT2D eigenvalue weighted by molar-refractivity contribution is 4.93. The summed E-state index contributed by atoms with van der Waals surface area (Å²) < 4.78 is 6.16. The molecule has 3 aliphatic rings. The molecule has 1 spiro atoms. The SMILES string of the molecule is OC(C1CCCCC1)C1CCOC2(CCCCC2)C1. The summed E-state index contributed by atoms with van der Waals surface area (Å²) in [6, 6.07) is 0. The number of hydrogen-bond donors (Lipinski definition) is 1. The van der Waals surface area contributed by atoms with E-state index in [4.69, 9.17) is 4.74 Å². The van der Waals surface area contributed by atoms with Gasteiger partial charge in [-0.1, -0.05) is 38.5 Å². The first-order valence-electron chi connectivity index (χ1n) is 8.61. The van der Waals surface area contributed by atoms with Gasteiger partial charge in [-0.15, -0.1) is 0 Å². The van der Waals surface area contributed by atoms with Crippen molar-refractivity contribution in [3.63, 3.8) is 0 Å². The van der Waals surface area contributed by atoms with Gasteiger partial charge < -0.3 is 9.84 Å². The van der Waals surface area contributed by atoms with Crippen LogP contribution in [-0.2, 0) is 4.74 Å². The Morgan fingerprint density at radius 3 is 2.26 bits per heavy atom. The molecule has 2 saturated carbocycles. The van der Waals surface area contributed by atoms with Gasteiger partial charge in [0.1, 0.15) is 0 Å². The Labute approximate surface area is 117 Å². The van der Waals surface area contributed by atoms with Crippen molar-refractivity contribution in [2.75, 3.05) is 6.61 Å². The van der Waals surface area contributed by atoms with Crippen LogP contribution in [-0.4, -0.2) is 23.4 Å². The van der Waals surface area contributed by atoms with E-state index in [1.807, 2.05) is 0 Å². The Balaban J connectivity index is 1.60. The first-order chi connectivity index (χ1) is 9.29. The molecule has 2 unspecified atom stereocenters. The van der Waals surface area contributed by atoms with Crippen LogP contribution in [0.25, 0.3) is 0 Å². The van der Waals surface area contributed by atoms with Gasteiger partial charge in [0, 0.05) is 6.61 Å². The van der Waals surface area contributed by atoms with E-state index in [-0.39, 0.29) is 11.7 Å². The molecule has 1 N–H and O–H groups in total. The Morgan fingerprint density at radius 1 is 0.842 bits per heavy atom. The van der Waals surface area contributed by atoms with Crippen molar-refractivity contribution in [1.82, 2.24) is 0 Å². The second kappa shape index (κ2) is 6.13. The molecule has 3 fully saturated rings. The predicted molar refractivity (Wildman–Crippen MR) is 77.1 cm³/mol. The maximum Gasteiger partial charge on any atom is 0.0686 e. The minimum Gasteiger partial charge on any atom is -0.393 e. The number of ether oxygens (including phenoxy) is 1. The molecular formula is C17H30O2. The fourth-order valence-corrected chi connectivity index (χ4v) is 4.76. The third kappa shape index (κ3) is 3.16. The molecular weight excluding hydrogens is 236 g/mol. The Kier molecular flexibility index (Phi) is 4.48. The Morgan fingerprint density at radius 2 is 1.53 bits per heavy atom. The lowest BCUT2D eigenvalue weighted by Crippen LogP contribution is -2.46. The molecule has 0 aromatic heterocycles. The molecule has 2 heteroatoms. The molecule has 1 heterocycles. The van der Waals surface area contributed by atoms with Crippen molar-refractivity contribution < 1.29 is 9.84 Å². The summed E-state index contributed by atoms with van der Waals surface area (Å²) >= 11 is 0. The van der Waals surface area contributed by atoms with Crippen LogP contribution in [0.15, 0.2) is 0 Å². The summed E-state index contributed by atoms with van der Waals surface area (Å²) in [6.07, 6.45) is 15.2. The highest BCUT2D eigenvalue weighted by atomic mass is 16.5. The molecule has 0 aromatic rings. The molecule has 0 amide bonds. The molecule has 0 aromatic carbocycles. The lowest BCUT2D eigenvalue weighted by molar-refractivity contribution is -0.140. The van der Waals surface area contributed by atoms with Crippen LogP contribution in [0.5, 0.6) is 0 Å². The monoisotopic (exact) mass is 266 g/mol. The summed E-state index contributed by atoms with van der Waals surface area (Å²) in [5, 5.41) is 10.8. The summed E-state index contributed by atoms with van der Waals surface area (Å²) in [4.78, 5) is 0. The fraction of sp³-hybridized carbons (Fsp3) is 1.00. The van der Waals surface area contributed by atoms with E-state index in [2.05, 4.69) is 0 Å². The normalized spacial score (nSPS) is 34.3. The zero-order chi connectivity index (χ0) is 13.1. The van der Waals surface area contributed by atoms with Crippen molar-refractivity contribution in [3.8, 4) is 0 Å². The van der Waals surface area contributed by atoms with Crippen LogP contribution in [0.3, 0.4) is 0 Å². The molecule has 110 valence electrons. The van der Waals surface area contributed by atoms with Crippen LogP contribution < -0.4 is 0 Å². The van der Waals surface area contributed by atoms with Crippen LogP contribution in [0.2, 0.25) is 0 Å². The smallest absolute Gasteiger partial charge is 0.0686 e. The van der Waals surface area contributed by atoms with Crippen molar-refractivity contribution in [1.29, 1.82) is 0 Å². The number of aliphatic hydroxyl groups excluding tert-OH is 1. The van der Waals surface area contributed by atoms with Gasteiger partial charge in [-0.2, -0.15) is 0 Å². The summed E-state index contributed by atoms with van der Waals surface area (Å²) in [5.74, 6) is 1.09. The van der Waals surface area contributed by atoms with E-state index in [1.165, 1.54) is 64.2 Å². The zero-order valence-corrected chi connectivity index (χ0v) is 12.3. The van der Waals surface area contributed by atoms with Gasteiger partial charge in [-0.05, 0) is 50.4 Å². The van der Waals surface area contributed by atoms with Crippen molar-refractivity contribution >= 4 is 0 Å². The molecule has 2 nitrogen and oxygen atoms in total. The van der Waals surface area contributed by atoms with Crippen LogP contribution in [0.4, 0.5) is 0 Å². The van der Waals surface area contributed by atoms with E-state index < -0.39 is 0 Å². The van der Waals surface area contributed by atoms with Gasteiger partial charge in [-0.25, -0.2) is 0 Å². The largest absolute Gasteiger partial charge is 0.393 e. The van der Waals surface area contributed by atoms with Crippen LogP contribution in [0.1, 0.15) is 77.0 Å². The van der Waals surface area contributed by atoms with Crippen molar-refractivity contribution in [2.45, 2.75) is 88.8 Å². The average molecular weight is 266 g/mol. The summed E-state index contributed by atoms with van der Waals surface area (Å²) in [6.45, 7) is 0.883. The van der Waals surface area contributed by atoms with E-state index in [1.54, 1.807) is 0 Å². The molecule has 0 radical (unpaired) electrons. The van der Waals surface area contributed by atoms with E-state index in [0.29, 0.717) is 11.8 Å². The molecule has 2 atom stereocenters. The van der Waals surface area contributed by atoms with Crippen molar-refractivity contribution in [3.05, 3.63) is 0 Å². The lowest BCUT2D eigenvalue weighted by atomic mass is 9.71. The maximum atomic E-state index is 10.8. The number of hydrogen-bond acceptors (Lipinski definition) is 2. The average Bonchev–Trinajstić information content (AvgIpc) is 2.48. The number of rotatable bonds is 2. The second-order valence-electron chi connectivity index (χ2n) is 7.23. The van der Waals surface area contributed by atoms with Crippen molar-refractivity contribution in [2.24, 2.45) is 11.8 Å². The lowest BCUT2D eigenvalue weighted by Gasteiger charge is -2.46. The minimum absolute atomic E-state index is 0.0528. The van der Waals surface area contributed by atoms with Crippen LogP contribution >= 0.6 is 0 Å². The maximum absolute atomic E-state index is 10.8. The Hall–Kier alpha value is -0.0800. The standard InChI is InChI=1S/C17H30O2/c18-16(14-7-3-1-4-8-14)15-9-12-19-17(13-15)10-5-2-6-11-17/h14-16,18H,1-13H2. The molecule has 1 saturated heterocycles. The van der Waals surface area contributed by atoms with E-state index in [0.717, 1.165) is 19.4 Å². The fourth-order valence-electron chi connectivity index (χ4n) is 4.76. The Bertz CT molecular complexity index is 271. The molecule has 1 aliphatic heterocycles. The topological polar surface area (TPSA) is 29.5 Å². The highest BCUT2D eigenvalue weighted by Gasteiger charge is 2.42. The van der Waals surface area contributed by atoms with Gasteiger partial charge >= 0.3 is 0 Å². The molecule has 3 rings (SSSR count). The quantitative estimate of drug-likeness (QED) is 0.817. The summed E-state index contributed by atoms with van der Waals surface area (Å²) in [7, 11) is 0. The van der Waals surface area contributed by atoms with Crippen LogP contribution in [0, 0.1) is 11.8 Å². The number of aliphatic hydroxyl groups is 1. The van der Waals surface area contributed by atoms with Gasteiger partial charge in [0.15, 0.2) is 0 Å². The van der Waals surface area contributed by atoms with E-state index >= 15 is 0 Å². The zero-order valence-electron chi connectivity index (χ0n) is 12.3. The first kappa shape index (κ1) is 13.9. The van der Waals surface area contributed by atoms with Gasteiger partial charge in [0.2, 0.25) is 0 Å². The van der Waals surface area contributed by atoms with Gasteiger partial charge in [0.25, 0.3) is 0 Å². The summed E-state index contributed by atoms with van der Waals surface area (Å²) in [5.41, 5.74) is 0.150. The third-order valence-electron chi connectivity index (χ3n) is 5.91. The van der Waals surface area contributed by atoms with Gasteiger partial charge in [0.05, 0.1) is 11.7 Å².